The van der Waals surface area contributed by atoms with E-state index in [0.717, 1.165) is 6.42 Å². The lowest BCUT2D eigenvalue weighted by Crippen LogP contribution is -1.82. The van der Waals surface area contributed by atoms with E-state index in [2.05, 4.69) is 0 Å². The van der Waals surface area contributed by atoms with Crippen LogP contribution >= 0.6 is 11.6 Å². The number of alkyl halides is 1. The van der Waals surface area contributed by atoms with Gasteiger partial charge in [-0.25, -0.2) is 5.11 Å². The lowest BCUT2D eigenvalue weighted by atomic mass is 10.5. The normalized spacial score (nSPS) is 43.0. The van der Waals surface area contributed by atoms with E-state index in [4.69, 9.17) is 11.6 Å². The summed E-state index contributed by atoms with van der Waals surface area (Å²) in [6.07, 6.45) is 0.949. The molecule has 0 bridgehead atoms. The standard InChI is InChI=1S/C4H6ClO/c5-4-1-3(4)2-6/h3-4H,1-2H2. The SMILES string of the molecule is [O]CC1CC1Cl. The van der Waals surface area contributed by atoms with Crippen molar-refractivity contribution in [3.8, 4) is 0 Å². The van der Waals surface area contributed by atoms with Gasteiger partial charge < -0.3 is 0 Å². The number of rotatable bonds is 1. The molecule has 0 heterocycles. The highest BCUT2D eigenvalue weighted by atomic mass is 35.5. The predicted molar refractivity (Wildman–Crippen MR) is 23.3 cm³/mol. The molecular weight excluding hydrogens is 99.5 g/mol. The van der Waals surface area contributed by atoms with E-state index in [-0.39, 0.29) is 12.0 Å². The van der Waals surface area contributed by atoms with Gasteiger partial charge in [0.15, 0.2) is 0 Å². The second-order valence-corrected chi connectivity index (χ2v) is 2.24. The Kier molecular flexibility index (Phi) is 1.02. The first-order valence-corrected chi connectivity index (χ1v) is 2.50. The average Bonchev–Trinajstić information content (AvgIpc) is 2.19. The molecule has 0 N–H and O–H groups in total. The Morgan fingerprint density at radius 3 is 2.33 bits per heavy atom. The number of halogens is 1. The van der Waals surface area contributed by atoms with Crippen molar-refractivity contribution >= 4 is 11.6 Å². The molecular formula is C4H6ClO. The largest absolute Gasteiger partial charge is 0.236 e. The molecule has 1 fully saturated rings. The van der Waals surface area contributed by atoms with Crippen LogP contribution in [-0.4, -0.2) is 12.0 Å². The lowest BCUT2D eigenvalue weighted by Gasteiger charge is -1.74. The Balaban J connectivity index is 2.09. The minimum atomic E-state index is 0.0220. The maximum absolute atomic E-state index is 9.82. The minimum absolute atomic E-state index is 0.0220. The zero-order valence-electron chi connectivity index (χ0n) is 3.36. The van der Waals surface area contributed by atoms with Crippen LogP contribution in [0.15, 0.2) is 0 Å². The predicted octanol–water partition coefficient (Wildman–Crippen LogP) is 1.04. The van der Waals surface area contributed by atoms with Crippen molar-refractivity contribution in [3.05, 3.63) is 0 Å². The molecule has 1 aliphatic rings. The molecule has 0 saturated heterocycles. The molecule has 1 radical (unpaired) electrons. The summed E-state index contributed by atoms with van der Waals surface area (Å²) in [7, 11) is 0. The van der Waals surface area contributed by atoms with Crippen LogP contribution in [0.3, 0.4) is 0 Å². The fourth-order valence-corrected chi connectivity index (χ4v) is 0.685. The van der Waals surface area contributed by atoms with Crippen LogP contribution in [0.4, 0.5) is 0 Å². The first kappa shape index (κ1) is 4.41. The summed E-state index contributed by atoms with van der Waals surface area (Å²) in [4.78, 5) is 0. The van der Waals surface area contributed by atoms with Crippen LogP contribution in [0.1, 0.15) is 6.42 Å². The first-order valence-electron chi connectivity index (χ1n) is 2.06. The Bertz CT molecular complexity index is 53.5. The molecule has 1 aliphatic carbocycles. The van der Waals surface area contributed by atoms with Crippen molar-refractivity contribution in [3.63, 3.8) is 0 Å². The van der Waals surface area contributed by atoms with Gasteiger partial charge in [0, 0.05) is 11.3 Å². The topological polar surface area (TPSA) is 19.9 Å². The van der Waals surface area contributed by atoms with Crippen molar-refractivity contribution in [2.75, 3.05) is 6.61 Å². The molecule has 0 amide bonds. The van der Waals surface area contributed by atoms with Gasteiger partial charge in [0.1, 0.15) is 0 Å². The molecule has 0 spiro atoms. The highest BCUT2D eigenvalue weighted by Crippen LogP contribution is 2.34. The Morgan fingerprint density at radius 1 is 1.83 bits per heavy atom. The van der Waals surface area contributed by atoms with E-state index in [0.29, 0.717) is 5.92 Å². The summed E-state index contributed by atoms with van der Waals surface area (Å²) >= 11 is 5.45. The van der Waals surface area contributed by atoms with Gasteiger partial charge in [0.2, 0.25) is 0 Å². The first-order chi connectivity index (χ1) is 2.84. The zero-order valence-corrected chi connectivity index (χ0v) is 4.11. The maximum Gasteiger partial charge on any atom is 0.0865 e. The van der Waals surface area contributed by atoms with E-state index in [1.54, 1.807) is 0 Å². The van der Waals surface area contributed by atoms with E-state index in [1.165, 1.54) is 0 Å². The quantitative estimate of drug-likeness (QED) is 0.444. The second kappa shape index (κ2) is 1.39. The van der Waals surface area contributed by atoms with Crippen molar-refractivity contribution < 1.29 is 5.11 Å². The van der Waals surface area contributed by atoms with Crippen molar-refractivity contribution in [2.45, 2.75) is 11.8 Å². The van der Waals surface area contributed by atoms with Crippen LogP contribution in [-0.2, 0) is 5.11 Å². The van der Waals surface area contributed by atoms with Crippen LogP contribution in [0.2, 0.25) is 0 Å². The number of hydrogen-bond donors (Lipinski definition) is 0. The molecule has 6 heavy (non-hydrogen) atoms. The van der Waals surface area contributed by atoms with E-state index in [1.807, 2.05) is 0 Å². The van der Waals surface area contributed by atoms with Crippen LogP contribution in [0.5, 0.6) is 0 Å². The van der Waals surface area contributed by atoms with Gasteiger partial charge >= 0.3 is 0 Å². The average molecular weight is 106 g/mol. The highest BCUT2D eigenvalue weighted by Gasteiger charge is 2.34. The van der Waals surface area contributed by atoms with Crippen molar-refractivity contribution in [1.82, 2.24) is 0 Å². The molecule has 2 heteroatoms. The summed E-state index contributed by atoms with van der Waals surface area (Å²) in [5.74, 6) is 0.312. The molecule has 0 aromatic rings. The summed E-state index contributed by atoms with van der Waals surface area (Å²) < 4.78 is 0. The van der Waals surface area contributed by atoms with Crippen LogP contribution < -0.4 is 0 Å². The van der Waals surface area contributed by atoms with Gasteiger partial charge in [-0.05, 0) is 6.42 Å². The molecule has 1 rings (SSSR count). The van der Waals surface area contributed by atoms with E-state index >= 15 is 0 Å². The van der Waals surface area contributed by atoms with Crippen molar-refractivity contribution in [1.29, 1.82) is 0 Å². The van der Waals surface area contributed by atoms with Gasteiger partial charge in [-0.3, -0.25) is 0 Å². The Morgan fingerprint density at radius 2 is 2.33 bits per heavy atom. The van der Waals surface area contributed by atoms with Crippen molar-refractivity contribution in [2.24, 2.45) is 5.92 Å². The Labute approximate surface area is 41.9 Å². The van der Waals surface area contributed by atoms with Crippen LogP contribution in [0.25, 0.3) is 0 Å². The molecule has 35 valence electrons. The molecule has 2 atom stereocenters. The summed E-state index contributed by atoms with van der Waals surface area (Å²) in [5.41, 5.74) is 0. The van der Waals surface area contributed by atoms with Gasteiger partial charge in [-0.1, -0.05) is 0 Å². The Hall–Kier alpha value is 0.250. The minimum Gasteiger partial charge on any atom is -0.236 e. The summed E-state index contributed by atoms with van der Waals surface area (Å²) in [6.45, 7) is 0.0220. The smallest absolute Gasteiger partial charge is 0.0865 e. The molecule has 0 aliphatic heterocycles. The third-order valence-corrected chi connectivity index (χ3v) is 1.58. The lowest BCUT2D eigenvalue weighted by molar-refractivity contribution is 0.179. The highest BCUT2D eigenvalue weighted by molar-refractivity contribution is 6.22. The van der Waals surface area contributed by atoms with Gasteiger partial charge in [0.05, 0.1) is 6.61 Å². The number of hydrogen-bond acceptors (Lipinski definition) is 0. The summed E-state index contributed by atoms with van der Waals surface area (Å²) in [5, 5.41) is 10.0. The fourth-order valence-electron chi connectivity index (χ4n) is 0.383. The zero-order chi connectivity index (χ0) is 4.57. The molecule has 1 saturated carbocycles. The van der Waals surface area contributed by atoms with Gasteiger partial charge in [-0.15, -0.1) is 11.6 Å². The molecule has 0 aromatic carbocycles. The second-order valence-electron chi connectivity index (χ2n) is 1.68. The molecule has 1 nitrogen and oxygen atoms in total. The fraction of sp³-hybridized carbons (Fsp3) is 1.00. The third kappa shape index (κ3) is 0.660. The van der Waals surface area contributed by atoms with Gasteiger partial charge in [-0.2, -0.15) is 0 Å². The monoisotopic (exact) mass is 105 g/mol. The maximum atomic E-state index is 9.82. The molecule has 0 aromatic heterocycles. The molecule has 2 unspecified atom stereocenters. The summed E-state index contributed by atoms with van der Waals surface area (Å²) in [6, 6.07) is 0. The van der Waals surface area contributed by atoms with E-state index < -0.39 is 0 Å². The van der Waals surface area contributed by atoms with Gasteiger partial charge in [0.25, 0.3) is 0 Å². The van der Waals surface area contributed by atoms with Crippen LogP contribution in [0, 0.1) is 5.92 Å². The third-order valence-electron chi connectivity index (χ3n) is 1.05. The van der Waals surface area contributed by atoms with E-state index in [9.17, 15) is 5.11 Å².